The highest BCUT2D eigenvalue weighted by molar-refractivity contribution is 6.42. The van der Waals surface area contributed by atoms with Crippen molar-refractivity contribution in [3.05, 3.63) is 33.8 Å². The third-order valence-corrected chi connectivity index (χ3v) is 3.45. The molecule has 0 amide bonds. The fraction of sp³-hybridized carbons (Fsp3) is 0.538. The molecule has 0 bridgehead atoms. The van der Waals surface area contributed by atoms with E-state index in [9.17, 15) is 0 Å². The minimum absolute atomic E-state index is 0.200. The van der Waals surface area contributed by atoms with E-state index < -0.39 is 0 Å². The van der Waals surface area contributed by atoms with Crippen molar-refractivity contribution in [3.8, 4) is 0 Å². The molecule has 0 aliphatic carbocycles. The first-order valence-electron chi connectivity index (χ1n) is 5.72. The average Bonchev–Trinajstić information content (AvgIpc) is 2.21. The van der Waals surface area contributed by atoms with Gasteiger partial charge >= 0.3 is 0 Å². The molecular weight excluding hydrogens is 255 g/mol. The zero-order chi connectivity index (χ0) is 13.1. The van der Waals surface area contributed by atoms with Crippen LogP contribution < -0.4 is 11.3 Å². The van der Waals surface area contributed by atoms with Crippen molar-refractivity contribution in [1.29, 1.82) is 0 Å². The fourth-order valence-corrected chi connectivity index (χ4v) is 2.30. The lowest BCUT2D eigenvalue weighted by atomic mass is 9.86. The predicted octanol–water partition coefficient (Wildman–Crippen LogP) is 3.80. The lowest BCUT2D eigenvalue weighted by Crippen LogP contribution is -2.39. The molecule has 0 fully saturated rings. The van der Waals surface area contributed by atoms with E-state index in [-0.39, 0.29) is 11.5 Å². The standard InChI is InChI=1S/C13H20Cl2N2/c1-13(2,3)8-10(17-16)7-9-5-4-6-11(14)12(9)15/h4-6,10,17H,7-8,16H2,1-3H3. The zero-order valence-electron chi connectivity index (χ0n) is 10.6. The van der Waals surface area contributed by atoms with Gasteiger partial charge in [0.25, 0.3) is 0 Å². The van der Waals surface area contributed by atoms with Crippen LogP contribution in [-0.4, -0.2) is 6.04 Å². The van der Waals surface area contributed by atoms with Gasteiger partial charge in [-0.3, -0.25) is 11.3 Å². The van der Waals surface area contributed by atoms with Gasteiger partial charge in [-0.2, -0.15) is 0 Å². The highest BCUT2D eigenvalue weighted by atomic mass is 35.5. The summed E-state index contributed by atoms with van der Waals surface area (Å²) in [5.41, 5.74) is 4.11. The summed E-state index contributed by atoms with van der Waals surface area (Å²) in [6, 6.07) is 5.89. The van der Waals surface area contributed by atoms with Crippen LogP contribution in [0.3, 0.4) is 0 Å². The summed E-state index contributed by atoms with van der Waals surface area (Å²) in [6.07, 6.45) is 1.76. The topological polar surface area (TPSA) is 38.0 Å². The largest absolute Gasteiger partial charge is 0.271 e. The smallest absolute Gasteiger partial charge is 0.0624 e. The molecular formula is C13H20Cl2N2. The number of hydrogen-bond donors (Lipinski definition) is 2. The second kappa shape index (κ2) is 6.05. The maximum Gasteiger partial charge on any atom is 0.0624 e. The minimum Gasteiger partial charge on any atom is -0.271 e. The molecule has 0 aliphatic heterocycles. The van der Waals surface area contributed by atoms with E-state index in [1.165, 1.54) is 0 Å². The van der Waals surface area contributed by atoms with Crippen LogP contribution in [-0.2, 0) is 6.42 Å². The number of hydrazine groups is 1. The van der Waals surface area contributed by atoms with E-state index in [1.54, 1.807) is 6.07 Å². The molecule has 0 saturated heterocycles. The molecule has 1 aromatic rings. The van der Waals surface area contributed by atoms with E-state index in [1.807, 2.05) is 12.1 Å². The van der Waals surface area contributed by atoms with Crippen LogP contribution in [0.4, 0.5) is 0 Å². The Morgan fingerprint density at radius 1 is 1.29 bits per heavy atom. The van der Waals surface area contributed by atoms with E-state index in [2.05, 4.69) is 26.2 Å². The number of hydrogen-bond acceptors (Lipinski definition) is 2. The Balaban J connectivity index is 2.77. The van der Waals surface area contributed by atoms with Crippen molar-refractivity contribution in [1.82, 2.24) is 5.43 Å². The van der Waals surface area contributed by atoms with Crippen molar-refractivity contribution >= 4 is 23.2 Å². The maximum atomic E-state index is 6.16. The molecule has 3 N–H and O–H groups in total. The molecule has 17 heavy (non-hydrogen) atoms. The number of nitrogens with one attached hydrogen (secondary N) is 1. The summed E-state index contributed by atoms with van der Waals surface area (Å²) in [4.78, 5) is 0. The summed E-state index contributed by atoms with van der Waals surface area (Å²) < 4.78 is 0. The third kappa shape index (κ3) is 4.84. The molecule has 2 nitrogen and oxygen atoms in total. The van der Waals surface area contributed by atoms with E-state index in [0.717, 1.165) is 18.4 Å². The van der Waals surface area contributed by atoms with Crippen LogP contribution in [0.5, 0.6) is 0 Å². The van der Waals surface area contributed by atoms with Crippen molar-refractivity contribution in [2.45, 2.75) is 39.7 Å². The molecule has 0 heterocycles. The van der Waals surface area contributed by atoms with Crippen LogP contribution in [0.2, 0.25) is 10.0 Å². The SMILES string of the molecule is CC(C)(C)CC(Cc1cccc(Cl)c1Cl)NN. The van der Waals surface area contributed by atoms with Gasteiger partial charge in [0, 0.05) is 6.04 Å². The first-order valence-corrected chi connectivity index (χ1v) is 6.48. The summed E-state index contributed by atoms with van der Waals surface area (Å²) in [7, 11) is 0. The van der Waals surface area contributed by atoms with Gasteiger partial charge in [-0.1, -0.05) is 56.1 Å². The van der Waals surface area contributed by atoms with Gasteiger partial charge in [-0.05, 0) is 29.9 Å². The molecule has 1 atom stereocenters. The van der Waals surface area contributed by atoms with Crippen molar-refractivity contribution in [2.75, 3.05) is 0 Å². The number of benzene rings is 1. The molecule has 96 valence electrons. The normalized spacial score (nSPS) is 13.8. The van der Waals surface area contributed by atoms with Crippen LogP contribution in [0.15, 0.2) is 18.2 Å². The fourth-order valence-electron chi connectivity index (χ4n) is 1.90. The summed E-state index contributed by atoms with van der Waals surface area (Å²) in [5, 5.41) is 1.22. The second-order valence-electron chi connectivity index (χ2n) is 5.55. The van der Waals surface area contributed by atoms with Gasteiger partial charge in [0.2, 0.25) is 0 Å². The van der Waals surface area contributed by atoms with Gasteiger partial charge in [0.15, 0.2) is 0 Å². The van der Waals surface area contributed by atoms with Crippen LogP contribution in [0, 0.1) is 5.41 Å². The molecule has 0 spiro atoms. The Bertz CT molecular complexity index is 372. The van der Waals surface area contributed by atoms with E-state index in [0.29, 0.717) is 10.0 Å². The molecule has 0 radical (unpaired) electrons. The number of halogens is 2. The van der Waals surface area contributed by atoms with Crippen LogP contribution >= 0.6 is 23.2 Å². The number of nitrogens with two attached hydrogens (primary N) is 1. The Kier molecular flexibility index (Phi) is 5.26. The average molecular weight is 275 g/mol. The first kappa shape index (κ1) is 14.8. The monoisotopic (exact) mass is 274 g/mol. The third-order valence-electron chi connectivity index (χ3n) is 2.59. The maximum absolute atomic E-state index is 6.16. The van der Waals surface area contributed by atoms with Crippen LogP contribution in [0.25, 0.3) is 0 Å². The van der Waals surface area contributed by atoms with Gasteiger partial charge in [-0.25, -0.2) is 0 Å². The van der Waals surface area contributed by atoms with Crippen LogP contribution in [0.1, 0.15) is 32.8 Å². The highest BCUT2D eigenvalue weighted by Crippen LogP contribution is 2.28. The zero-order valence-corrected chi connectivity index (χ0v) is 12.1. The Morgan fingerprint density at radius 3 is 2.47 bits per heavy atom. The van der Waals surface area contributed by atoms with Gasteiger partial charge in [-0.15, -0.1) is 0 Å². The minimum atomic E-state index is 0.200. The van der Waals surface area contributed by atoms with Crippen molar-refractivity contribution in [2.24, 2.45) is 11.3 Å². The molecule has 0 saturated carbocycles. The summed E-state index contributed by atoms with van der Waals surface area (Å²) >= 11 is 12.2. The predicted molar refractivity (Wildman–Crippen MR) is 75.3 cm³/mol. The van der Waals surface area contributed by atoms with E-state index >= 15 is 0 Å². The summed E-state index contributed by atoms with van der Waals surface area (Å²) in [6.45, 7) is 6.57. The van der Waals surface area contributed by atoms with Gasteiger partial charge in [0.1, 0.15) is 0 Å². The van der Waals surface area contributed by atoms with Gasteiger partial charge < -0.3 is 0 Å². The quantitative estimate of drug-likeness (QED) is 0.648. The molecule has 1 unspecified atom stereocenters. The van der Waals surface area contributed by atoms with Crippen molar-refractivity contribution < 1.29 is 0 Å². The lowest BCUT2D eigenvalue weighted by Gasteiger charge is -2.25. The molecule has 1 rings (SSSR count). The van der Waals surface area contributed by atoms with E-state index in [4.69, 9.17) is 29.0 Å². The first-order chi connectivity index (χ1) is 7.83. The summed E-state index contributed by atoms with van der Waals surface area (Å²) in [5.74, 6) is 5.59. The van der Waals surface area contributed by atoms with Crippen molar-refractivity contribution in [3.63, 3.8) is 0 Å². The molecule has 0 aliphatic rings. The number of rotatable bonds is 4. The molecule has 1 aromatic carbocycles. The van der Waals surface area contributed by atoms with Gasteiger partial charge in [0.05, 0.1) is 10.0 Å². The second-order valence-corrected chi connectivity index (χ2v) is 6.33. The Labute approximate surface area is 113 Å². The molecule has 0 aromatic heterocycles. The Hall–Kier alpha value is -0.280. The lowest BCUT2D eigenvalue weighted by molar-refractivity contribution is 0.308. The highest BCUT2D eigenvalue weighted by Gasteiger charge is 2.19. The Morgan fingerprint density at radius 2 is 1.94 bits per heavy atom. The molecule has 4 heteroatoms.